The van der Waals surface area contributed by atoms with E-state index in [0.717, 1.165) is 13.2 Å². The van der Waals surface area contributed by atoms with Crippen LogP contribution in [0.5, 0.6) is 0 Å². The molecule has 2 unspecified atom stereocenters. The highest BCUT2D eigenvalue weighted by Gasteiger charge is 2.41. The Balaban J connectivity index is 2.18. The summed E-state index contributed by atoms with van der Waals surface area (Å²) in [5, 5.41) is 2.94. The van der Waals surface area contributed by atoms with E-state index in [1.165, 1.54) is 18.3 Å². The number of benzene rings is 2. The van der Waals surface area contributed by atoms with Gasteiger partial charge >= 0.3 is 12.4 Å². The SMILES string of the molecule is COC(CNC(c1cc(F)cc(C(F)(F)F)c1)[C@@H](c1ccccc1)c1ccc(Cl)cn1)C(F)(F)F. The van der Waals surface area contributed by atoms with Crippen LogP contribution in [0.4, 0.5) is 30.7 Å². The molecule has 11 heteroatoms. The van der Waals surface area contributed by atoms with Crippen molar-refractivity contribution in [3.8, 4) is 0 Å². The lowest BCUT2D eigenvalue weighted by atomic mass is 9.83. The first kappa shape index (κ1) is 26.9. The van der Waals surface area contributed by atoms with Gasteiger partial charge in [-0.15, -0.1) is 0 Å². The number of pyridine rings is 1. The van der Waals surface area contributed by atoms with Crippen LogP contribution in [0.15, 0.2) is 66.9 Å². The summed E-state index contributed by atoms with van der Waals surface area (Å²) in [7, 11) is 0.869. The molecule has 1 heterocycles. The van der Waals surface area contributed by atoms with Gasteiger partial charge in [0.2, 0.25) is 0 Å². The van der Waals surface area contributed by atoms with Gasteiger partial charge in [0.1, 0.15) is 5.82 Å². The van der Waals surface area contributed by atoms with Crippen molar-refractivity contribution in [3.63, 3.8) is 0 Å². The normalized spacial score (nSPS) is 15.0. The molecule has 188 valence electrons. The summed E-state index contributed by atoms with van der Waals surface area (Å²) in [4.78, 5) is 4.25. The van der Waals surface area contributed by atoms with E-state index in [2.05, 4.69) is 15.0 Å². The van der Waals surface area contributed by atoms with Crippen molar-refractivity contribution in [2.75, 3.05) is 13.7 Å². The van der Waals surface area contributed by atoms with Crippen LogP contribution >= 0.6 is 11.6 Å². The fourth-order valence-electron chi connectivity index (χ4n) is 3.72. The summed E-state index contributed by atoms with van der Waals surface area (Å²) in [5.74, 6) is -2.08. The first-order valence-corrected chi connectivity index (χ1v) is 10.6. The van der Waals surface area contributed by atoms with Gasteiger partial charge in [0.25, 0.3) is 0 Å². The second-order valence-electron chi connectivity index (χ2n) is 7.71. The Hall–Kier alpha value is -2.69. The molecule has 3 aromatic rings. The van der Waals surface area contributed by atoms with Gasteiger partial charge in [-0.3, -0.25) is 4.98 Å². The number of halogens is 8. The lowest BCUT2D eigenvalue weighted by Crippen LogP contribution is -2.42. The molecule has 0 amide bonds. The maximum Gasteiger partial charge on any atom is 0.416 e. The molecule has 0 saturated heterocycles. The maximum absolute atomic E-state index is 14.3. The van der Waals surface area contributed by atoms with Gasteiger partial charge in [0.05, 0.1) is 10.6 Å². The van der Waals surface area contributed by atoms with Gasteiger partial charge in [-0.1, -0.05) is 41.9 Å². The minimum Gasteiger partial charge on any atom is -0.371 e. The predicted octanol–water partition coefficient (Wildman–Crippen LogP) is 6.93. The monoisotopic (exact) mass is 520 g/mol. The predicted molar refractivity (Wildman–Crippen MR) is 117 cm³/mol. The van der Waals surface area contributed by atoms with Gasteiger partial charge < -0.3 is 10.1 Å². The second kappa shape index (κ2) is 10.9. The molecule has 0 aliphatic carbocycles. The third kappa shape index (κ3) is 6.93. The van der Waals surface area contributed by atoms with Crippen LogP contribution in [0.2, 0.25) is 5.02 Å². The lowest BCUT2D eigenvalue weighted by Gasteiger charge is -2.31. The van der Waals surface area contributed by atoms with E-state index in [9.17, 15) is 30.7 Å². The van der Waals surface area contributed by atoms with Crippen LogP contribution in [0.3, 0.4) is 0 Å². The number of rotatable bonds is 8. The average molecular weight is 521 g/mol. The zero-order valence-electron chi connectivity index (χ0n) is 18.2. The van der Waals surface area contributed by atoms with Crippen LogP contribution in [-0.2, 0) is 10.9 Å². The van der Waals surface area contributed by atoms with Crippen molar-refractivity contribution >= 4 is 11.6 Å². The molecule has 0 spiro atoms. The van der Waals surface area contributed by atoms with Gasteiger partial charge in [0, 0.05) is 37.5 Å². The van der Waals surface area contributed by atoms with E-state index in [0.29, 0.717) is 23.4 Å². The Morgan fingerprint density at radius 3 is 2.17 bits per heavy atom. The largest absolute Gasteiger partial charge is 0.416 e. The molecule has 0 bridgehead atoms. The van der Waals surface area contributed by atoms with Crippen LogP contribution in [-0.4, -0.2) is 30.9 Å². The van der Waals surface area contributed by atoms with Crippen molar-refractivity contribution in [1.82, 2.24) is 10.3 Å². The molecule has 35 heavy (non-hydrogen) atoms. The fourth-order valence-corrected chi connectivity index (χ4v) is 3.83. The van der Waals surface area contributed by atoms with Crippen molar-refractivity contribution in [2.24, 2.45) is 0 Å². The quantitative estimate of drug-likeness (QED) is 0.327. The standard InChI is InChI=1S/C24H20ClF7N2O/c1-35-20(24(30,31)32)13-34-22(15-9-16(23(27,28)29)11-18(26)10-15)21(14-5-3-2-4-6-14)19-8-7-17(25)12-33-19/h2-12,20-22,34H,13H2,1H3/t20?,21-,22?/m0/s1. The Kier molecular flexibility index (Phi) is 8.40. The number of nitrogens with one attached hydrogen (secondary N) is 1. The highest BCUT2D eigenvalue weighted by molar-refractivity contribution is 6.30. The molecule has 1 aromatic heterocycles. The molecule has 2 aromatic carbocycles. The molecular weight excluding hydrogens is 501 g/mol. The van der Waals surface area contributed by atoms with E-state index in [-0.39, 0.29) is 10.6 Å². The van der Waals surface area contributed by atoms with Crippen LogP contribution in [0.25, 0.3) is 0 Å². The molecular formula is C24H20ClF7N2O. The van der Waals surface area contributed by atoms with E-state index in [1.54, 1.807) is 30.3 Å². The van der Waals surface area contributed by atoms with Crippen molar-refractivity contribution < 1.29 is 35.5 Å². The average Bonchev–Trinajstić information content (AvgIpc) is 2.78. The smallest absolute Gasteiger partial charge is 0.371 e. The summed E-state index contributed by atoms with van der Waals surface area (Å²) in [5.41, 5.74) is -0.648. The number of hydrogen-bond donors (Lipinski definition) is 1. The highest BCUT2D eigenvalue weighted by atomic mass is 35.5. The molecule has 3 atom stereocenters. The minimum atomic E-state index is -4.87. The Morgan fingerprint density at radius 1 is 0.943 bits per heavy atom. The van der Waals surface area contributed by atoms with Crippen molar-refractivity contribution in [3.05, 3.63) is 100 Å². The molecule has 1 N–H and O–H groups in total. The minimum absolute atomic E-state index is 0.208. The number of ether oxygens (including phenoxy) is 1. The van der Waals surface area contributed by atoms with Crippen molar-refractivity contribution in [2.45, 2.75) is 30.4 Å². The zero-order valence-corrected chi connectivity index (χ0v) is 18.9. The molecule has 3 nitrogen and oxygen atoms in total. The summed E-state index contributed by atoms with van der Waals surface area (Å²) in [6.45, 7) is -0.806. The third-order valence-electron chi connectivity index (χ3n) is 5.34. The van der Waals surface area contributed by atoms with Gasteiger partial charge in [-0.2, -0.15) is 26.3 Å². The van der Waals surface area contributed by atoms with Crippen LogP contribution in [0, 0.1) is 5.82 Å². The first-order valence-electron chi connectivity index (χ1n) is 10.3. The third-order valence-corrected chi connectivity index (χ3v) is 5.56. The Labute approximate surface area is 201 Å². The summed E-state index contributed by atoms with van der Waals surface area (Å²) < 4.78 is 99.2. The zero-order chi connectivity index (χ0) is 25.8. The number of alkyl halides is 6. The summed E-state index contributed by atoms with van der Waals surface area (Å²) in [6, 6.07) is 12.0. The van der Waals surface area contributed by atoms with E-state index in [1.807, 2.05) is 0 Å². The highest BCUT2D eigenvalue weighted by Crippen LogP contribution is 2.39. The maximum atomic E-state index is 14.3. The molecule has 3 rings (SSSR count). The van der Waals surface area contributed by atoms with Gasteiger partial charge in [-0.25, -0.2) is 4.39 Å². The molecule has 0 aliphatic heterocycles. The number of methoxy groups -OCH3 is 1. The van der Waals surface area contributed by atoms with Crippen molar-refractivity contribution in [1.29, 1.82) is 0 Å². The first-order chi connectivity index (χ1) is 16.4. The topological polar surface area (TPSA) is 34.1 Å². The van der Waals surface area contributed by atoms with Crippen LogP contribution in [0.1, 0.15) is 34.3 Å². The van der Waals surface area contributed by atoms with Crippen LogP contribution < -0.4 is 5.32 Å². The molecule has 0 saturated carbocycles. The Morgan fingerprint density at radius 2 is 1.63 bits per heavy atom. The summed E-state index contributed by atoms with van der Waals surface area (Å²) in [6.07, 6.45) is -10.6. The van der Waals surface area contributed by atoms with Gasteiger partial charge in [-0.05, 0) is 41.5 Å². The molecule has 0 aliphatic rings. The molecule has 0 fully saturated rings. The fraction of sp³-hybridized carbons (Fsp3) is 0.292. The van der Waals surface area contributed by atoms with E-state index in [4.69, 9.17) is 11.6 Å². The number of hydrogen-bond acceptors (Lipinski definition) is 3. The summed E-state index contributed by atoms with van der Waals surface area (Å²) >= 11 is 5.93. The lowest BCUT2D eigenvalue weighted by molar-refractivity contribution is -0.211. The van der Waals surface area contributed by atoms with Gasteiger partial charge in [0.15, 0.2) is 6.10 Å². The number of aromatic nitrogens is 1. The Bertz CT molecular complexity index is 1110. The molecule has 0 radical (unpaired) electrons. The van der Waals surface area contributed by atoms with E-state index < -0.39 is 48.3 Å². The van der Waals surface area contributed by atoms with E-state index >= 15 is 0 Å². The second-order valence-corrected chi connectivity index (χ2v) is 8.15. The number of nitrogens with zero attached hydrogens (tertiary/aromatic N) is 1.